The molecule has 0 radical (unpaired) electrons. The van der Waals surface area contributed by atoms with Gasteiger partial charge in [-0.15, -0.1) is 5.10 Å². The summed E-state index contributed by atoms with van der Waals surface area (Å²) < 4.78 is 3.74. The van der Waals surface area contributed by atoms with Crippen LogP contribution >= 0.6 is 11.5 Å². The number of nitrogen functional groups attached to an aromatic ring is 1. The van der Waals surface area contributed by atoms with Gasteiger partial charge in [-0.2, -0.15) is 0 Å². The molecule has 1 aromatic heterocycles. The summed E-state index contributed by atoms with van der Waals surface area (Å²) in [6.45, 7) is 3.79. The van der Waals surface area contributed by atoms with Crippen molar-refractivity contribution < 1.29 is 4.79 Å². The Morgan fingerprint density at radius 2 is 2.28 bits per heavy atom. The van der Waals surface area contributed by atoms with Crippen molar-refractivity contribution in [2.75, 3.05) is 11.1 Å². The van der Waals surface area contributed by atoms with Gasteiger partial charge in [0.1, 0.15) is 4.88 Å². The summed E-state index contributed by atoms with van der Waals surface area (Å²) in [5.74, 6) is -0.203. The molecular formula is C12H14N4OS. The smallest absolute Gasteiger partial charge is 0.269 e. The second-order valence-corrected chi connectivity index (χ2v) is 4.66. The number of rotatable bonds is 3. The zero-order valence-corrected chi connectivity index (χ0v) is 11.0. The number of amides is 1. The second kappa shape index (κ2) is 5.14. The third-order valence-electron chi connectivity index (χ3n) is 2.64. The highest BCUT2D eigenvalue weighted by Crippen LogP contribution is 2.20. The van der Waals surface area contributed by atoms with E-state index in [1.54, 1.807) is 13.0 Å². The number of nitrogens with zero attached hydrogens (tertiary/aromatic N) is 2. The minimum Gasteiger partial charge on any atom is -0.398 e. The van der Waals surface area contributed by atoms with Crippen molar-refractivity contribution in [1.29, 1.82) is 0 Å². The second-order valence-electron chi connectivity index (χ2n) is 3.91. The molecule has 0 unspecified atom stereocenters. The predicted molar refractivity (Wildman–Crippen MR) is 72.8 cm³/mol. The van der Waals surface area contributed by atoms with E-state index < -0.39 is 0 Å². The van der Waals surface area contributed by atoms with Crippen molar-refractivity contribution in [3.8, 4) is 0 Å². The van der Waals surface area contributed by atoms with Crippen molar-refractivity contribution in [2.45, 2.75) is 20.3 Å². The van der Waals surface area contributed by atoms with E-state index in [4.69, 9.17) is 5.73 Å². The van der Waals surface area contributed by atoms with Gasteiger partial charge in [-0.25, -0.2) is 0 Å². The lowest BCUT2D eigenvalue weighted by molar-refractivity contribution is 0.103. The molecule has 0 saturated heterocycles. The van der Waals surface area contributed by atoms with E-state index in [-0.39, 0.29) is 5.91 Å². The Morgan fingerprint density at radius 3 is 2.83 bits per heavy atom. The molecule has 1 aromatic carbocycles. The summed E-state index contributed by atoms with van der Waals surface area (Å²) in [5.41, 5.74) is 8.96. The molecule has 2 rings (SSSR count). The van der Waals surface area contributed by atoms with Crippen molar-refractivity contribution in [3.05, 3.63) is 34.3 Å². The fourth-order valence-electron chi connectivity index (χ4n) is 1.62. The monoisotopic (exact) mass is 262 g/mol. The number of hydrogen-bond acceptors (Lipinski definition) is 5. The predicted octanol–water partition coefficient (Wildman–Crippen LogP) is 2.24. The van der Waals surface area contributed by atoms with Crippen LogP contribution in [-0.2, 0) is 6.42 Å². The highest BCUT2D eigenvalue weighted by Gasteiger charge is 2.13. The number of nitrogens with two attached hydrogens (primary N) is 1. The average molecular weight is 262 g/mol. The van der Waals surface area contributed by atoms with Gasteiger partial charge in [-0.05, 0) is 42.6 Å². The number of benzene rings is 1. The van der Waals surface area contributed by atoms with E-state index in [9.17, 15) is 4.79 Å². The first-order valence-corrected chi connectivity index (χ1v) is 6.38. The Morgan fingerprint density at radius 1 is 1.50 bits per heavy atom. The Hall–Kier alpha value is -1.95. The lowest BCUT2D eigenvalue weighted by Crippen LogP contribution is -2.12. The average Bonchev–Trinajstić information content (AvgIpc) is 2.76. The van der Waals surface area contributed by atoms with E-state index in [0.717, 1.165) is 23.5 Å². The van der Waals surface area contributed by atoms with Gasteiger partial charge in [-0.1, -0.05) is 17.5 Å². The van der Waals surface area contributed by atoms with Gasteiger partial charge >= 0.3 is 0 Å². The summed E-state index contributed by atoms with van der Waals surface area (Å²) in [4.78, 5) is 12.5. The molecule has 3 N–H and O–H groups in total. The Bertz CT molecular complexity index is 579. The molecule has 0 saturated carbocycles. The summed E-state index contributed by atoms with van der Waals surface area (Å²) in [7, 11) is 0. The summed E-state index contributed by atoms with van der Waals surface area (Å²) in [6, 6.07) is 5.53. The Kier molecular flexibility index (Phi) is 3.57. The first-order chi connectivity index (χ1) is 8.61. The number of nitrogens with one attached hydrogen (secondary N) is 1. The number of anilines is 2. The molecule has 2 aromatic rings. The largest absolute Gasteiger partial charge is 0.398 e. The minimum absolute atomic E-state index is 0.203. The van der Waals surface area contributed by atoms with Crippen LogP contribution in [0.5, 0.6) is 0 Å². The van der Waals surface area contributed by atoms with Gasteiger partial charge in [-0.3, -0.25) is 4.79 Å². The van der Waals surface area contributed by atoms with Crippen LogP contribution < -0.4 is 11.1 Å². The molecular weight excluding hydrogens is 248 g/mol. The molecule has 1 heterocycles. The lowest BCUT2D eigenvalue weighted by atomic mass is 10.1. The summed E-state index contributed by atoms with van der Waals surface area (Å²) in [6.07, 6.45) is 0.873. The van der Waals surface area contributed by atoms with Gasteiger partial charge in [0, 0.05) is 11.4 Å². The molecule has 0 aliphatic heterocycles. The minimum atomic E-state index is -0.203. The van der Waals surface area contributed by atoms with Crippen LogP contribution in [0, 0.1) is 6.92 Å². The van der Waals surface area contributed by atoms with E-state index in [1.165, 1.54) is 0 Å². The van der Waals surface area contributed by atoms with Gasteiger partial charge < -0.3 is 11.1 Å². The SMILES string of the molecule is CCc1ccc(NC(=O)c2snnc2C)cc1N. The fourth-order valence-corrected chi connectivity index (χ4v) is 2.17. The molecule has 0 aliphatic carbocycles. The first-order valence-electron chi connectivity index (χ1n) is 5.60. The van der Waals surface area contributed by atoms with E-state index in [0.29, 0.717) is 21.9 Å². The Balaban J connectivity index is 2.17. The third-order valence-corrected chi connectivity index (χ3v) is 3.47. The maximum Gasteiger partial charge on any atom is 0.269 e. The highest BCUT2D eigenvalue weighted by molar-refractivity contribution is 7.08. The number of carbonyl (C=O) groups excluding carboxylic acids is 1. The zero-order chi connectivity index (χ0) is 13.1. The van der Waals surface area contributed by atoms with Crippen molar-refractivity contribution >= 4 is 28.8 Å². The van der Waals surface area contributed by atoms with Crippen LogP contribution in [0.4, 0.5) is 11.4 Å². The quantitative estimate of drug-likeness (QED) is 0.831. The molecule has 0 aliphatic rings. The molecule has 0 bridgehead atoms. The standard InChI is InChI=1S/C12H14N4OS/c1-3-8-4-5-9(6-10(8)13)14-12(17)11-7(2)15-16-18-11/h4-6H,3,13H2,1-2H3,(H,14,17). The van der Waals surface area contributed by atoms with Crippen LogP contribution in [0.1, 0.15) is 27.9 Å². The van der Waals surface area contributed by atoms with Crippen molar-refractivity contribution in [2.24, 2.45) is 0 Å². The highest BCUT2D eigenvalue weighted by atomic mass is 32.1. The van der Waals surface area contributed by atoms with Gasteiger partial charge in [0.2, 0.25) is 0 Å². The molecule has 94 valence electrons. The number of aromatic nitrogens is 2. The van der Waals surface area contributed by atoms with Crippen LogP contribution in [0.15, 0.2) is 18.2 Å². The van der Waals surface area contributed by atoms with Gasteiger partial charge in [0.25, 0.3) is 5.91 Å². The summed E-state index contributed by atoms with van der Waals surface area (Å²) >= 11 is 1.08. The third kappa shape index (κ3) is 2.48. The number of aryl methyl sites for hydroxylation is 2. The van der Waals surface area contributed by atoms with Crippen LogP contribution in [-0.4, -0.2) is 15.5 Å². The van der Waals surface area contributed by atoms with E-state index >= 15 is 0 Å². The Labute approximate surface area is 109 Å². The molecule has 6 heteroatoms. The van der Waals surface area contributed by atoms with E-state index in [2.05, 4.69) is 14.9 Å². The molecule has 1 amide bonds. The molecule has 18 heavy (non-hydrogen) atoms. The molecule has 0 fully saturated rings. The van der Waals surface area contributed by atoms with E-state index in [1.807, 2.05) is 19.1 Å². The fraction of sp³-hybridized carbons (Fsp3) is 0.250. The normalized spacial score (nSPS) is 10.3. The first kappa shape index (κ1) is 12.5. The topological polar surface area (TPSA) is 80.9 Å². The summed E-state index contributed by atoms with van der Waals surface area (Å²) in [5, 5.41) is 6.60. The van der Waals surface area contributed by atoms with Crippen LogP contribution in [0.2, 0.25) is 0 Å². The van der Waals surface area contributed by atoms with Crippen LogP contribution in [0.3, 0.4) is 0 Å². The van der Waals surface area contributed by atoms with Crippen LogP contribution in [0.25, 0.3) is 0 Å². The maximum atomic E-state index is 11.9. The van der Waals surface area contributed by atoms with Gasteiger partial charge in [0.05, 0.1) is 5.69 Å². The lowest BCUT2D eigenvalue weighted by Gasteiger charge is -2.07. The zero-order valence-electron chi connectivity index (χ0n) is 10.2. The van der Waals surface area contributed by atoms with Crippen molar-refractivity contribution in [3.63, 3.8) is 0 Å². The van der Waals surface area contributed by atoms with Gasteiger partial charge in [0.15, 0.2) is 0 Å². The molecule has 5 nitrogen and oxygen atoms in total. The van der Waals surface area contributed by atoms with Crippen molar-refractivity contribution in [1.82, 2.24) is 9.59 Å². The molecule has 0 spiro atoms. The number of carbonyl (C=O) groups is 1. The maximum absolute atomic E-state index is 11.9. The number of hydrogen-bond donors (Lipinski definition) is 2. The molecule has 0 atom stereocenters.